The average molecular weight is 262 g/mol. The van der Waals surface area contributed by atoms with Gasteiger partial charge in [0.15, 0.2) is 0 Å². The molecule has 4 nitrogen and oxygen atoms in total. The molecule has 4 heteroatoms. The largest absolute Gasteiger partial charge is 0.462 e. The third-order valence-electron chi connectivity index (χ3n) is 3.37. The molecule has 0 bridgehead atoms. The molecule has 1 aliphatic rings. The lowest BCUT2D eigenvalue weighted by Crippen LogP contribution is -2.20. The zero-order chi connectivity index (χ0) is 13.8. The molecule has 0 spiro atoms. The van der Waals surface area contributed by atoms with Crippen LogP contribution in [0.3, 0.4) is 0 Å². The van der Waals surface area contributed by atoms with Gasteiger partial charge in [-0.2, -0.15) is 0 Å². The van der Waals surface area contributed by atoms with Crippen LogP contribution in [0.25, 0.3) is 0 Å². The maximum absolute atomic E-state index is 11.9. The standard InChI is InChI=1S/C15H22N2O2/c1-3-19-15(18)12-5-4-6-13(16)14(12)17-10(2)9-11-7-8-11/h4-6,10-11,17H,3,7-9,16H2,1-2H3. The molecule has 0 amide bonds. The number of nitrogens with two attached hydrogens (primary N) is 1. The highest BCUT2D eigenvalue weighted by Gasteiger charge is 2.24. The number of carbonyl (C=O) groups excluding carboxylic acids is 1. The fourth-order valence-electron chi connectivity index (χ4n) is 2.27. The molecule has 1 atom stereocenters. The van der Waals surface area contributed by atoms with E-state index in [2.05, 4.69) is 12.2 Å². The van der Waals surface area contributed by atoms with Crippen molar-refractivity contribution in [2.24, 2.45) is 5.92 Å². The molecule has 1 aromatic rings. The van der Waals surface area contributed by atoms with Gasteiger partial charge in [-0.25, -0.2) is 4.79 Å². The lowest BCUT2D eigenvalue weighted by molar-refractivity contribution is 0.0527. The molecule has 0 aromatic heterocycles. The number of hydrogen-bond acceptors (Lipinski definition) is 4. The Balaban J connectivity index is 2.14. The molecule has 104 valence electrons. The monoisotopic (exact) mass is 262 g/mol. The second-order valence-corrected chi connectivity index (χ2v) is 5.21. The topological polar surface area (TPSA) is 64.3 Å². The summed E-state index contributed by atoms with van der Waals surface area (Å²) < 4.78 is 5.06. The number of carbonyl (C=O) groups is 1. The first-order chi connectivity index (χ1) is 9.11. The van der Waals surface area contributed by atoms with Gasteiger partial charge in [0.2, 0.25) is 0 Å². The fourth-order valence-corrected chi connectivity index (χ4v) is 2.27. The van der Waals surface area contributed by atoms with E-state index in [-0.39, 0.29) is 5.97 Å². The van der Waals surface area contributed by atoms with E-state index in [0.717, 1.165) is 12.3 Å². The van der Waals surface area contributed by atoms with Crippen molar-refractivity contribution < 1.29 is 9.53 Å². The summed E-state index contributed by atoms with van der Waals surface area (Å²) in [5.41, 5.74) is 7.79. The molecule has 1 unspecified atom stereocenters. The Labute approximate surface area is 114 Å². The Bertz CT molecular complexity index is 455. The molecule has 1 saturated carbocycles. The van der Waals surface area contributed by atoms with E-state index >= 15 is 0 Å². The van der Waals surface area contributed by atoms with Gasteiger partial charge < -0.3 is 15.8 Å². The first-order valence-electron chi connectivity index (χ1n) is 6.94. The van der Waals surface area contributed by atoms with Crippen molar-refractivity contribution in [1.82, 2.24) is 0 Å². The minimum Gasteiger partial charge on any atom is -0.462 e. The number of benzene rings is 1. The van der Waals surface area contributed by atoms with Crippen LogP contribution in [0.15, 0.2) is 18.2 Å². The van der Waals surface area contributed by atoms with E-state index in [1.54, 1.807) is 25.1 Å². The fraction of sp³-hybridized carbons (Fsp3) is 0.533. The molecule has 1 fully saturated rings. The van der Waals surface area contributed by atoms with Gasteiger partial charge in [0.05, 0.1) is 23.5 Å². The van der Waals surface area contributed by atoms with Gasteiger partial charge in [0.25, 0.3) is 0 Å². The first kappa shape index (κ1) is 13.7. The lowest BCUT2D eigenvalue weighted by Gasteiger charge is -2.19. The molecule has 1 aromatic carbocycles. The molecule has 3 N–H and O–H groups in total. The Kier molecular flexibility index (Phi) is 4.30. The number of ether oxygens (including phenoxy) is 1. The van der Waals surface area contributed by atoms with Crippen LogP contribution in [-0.2, 0) is 4.74 Å². The number of para-hydroxylation sites is 1. The van der Waals surface area contributed by atoms with Crippen LogP contribution in [0, 0.1) is 5.92 Å². The predicted octanol–water partition coefficient (Wildman–Crippen LogP) is 3.05. The second-order valence-electron chi connectivity index (χ2n) is 5.21. The van der Waals surface area contributed by atoms with E-state index in [4.69, 9.17) is 10.5 Å². The highest BCUT2D eigenvalue weighted by atomic mass is 16.5. The van der Waals surface area contributed by atoms with Gasteiger partial charge in [0, 0.05) is 6.04 Å². The van der Waals surface area contributed by atoms with Crippen molar-refractivity contribution in [2.45, 2.75) is 39.2 Å². The predicted molar refractivity (Wildman–Crippen MR) is 77.2 cm³/mol. The maximum atomic E-state index is 11.9. The third-order valence-corrected chi connectivity index (χ3v) is 3.37. The van der Waals surface area contributed by atoms with Crippen LogP contribution in [-0.4, -0.2) is 18.6 Å². The average Bonchev–Trinajstić information content (AvgIpc) is 3.15. The Morgan fingerprint density at radius 3 is 2.89 bits per heavy atom. The Morgan fingerprint density at radius 2 is 2.26 bits per heavy atom. The lowest BCUT2D eigenvalue weighted by atomic mass is 10.1. The molecule has 0 heterocycles. The SMILES string of the molecule is CCOC(=O)c1cccc(N)c1NC(C)CC1CC1. The van der Waals surface area contributed by atoms with E-state index in [0.29, 0.717) is 29.6 Å². The van der Waals surface area contributed by atoms with E-state index in [1.807, 2.05) is 0 Å². The molecule has 2 rings (SSSR count). The third kappa shape index (κ3) is 3.63. The normalized spacial score (nSPS) is 15.9. The van der Waals surface area contributed by atoms with Crippen LogP contribution in [0.5, 0.6) is 0 Å². The summed E-state index contributed by atoms with van der Waals surface area (Å²) in [7, 11) is 0. The summed E-state index contributed by atoms with van der Waals surface area (Å²) in [5.74, 6) is 0.509. The molecular formula is C15H22N2O2. The number of hydrogen-bond donors (Lipinski definition) is 2. The Morgan fingerprint density at radius 1 is 1.53 bits per heavy atom. The van der Waals surface area contributed by atoms with Crippen LogP contribution in [0.4, 0.5) is 11.4 Å². The zero-order valence-corrected chi connectivity index (χ0v) is 11.6. The summed E-state index contributed by atoms with van der Waals surface area (Å²) in [6.45, 7) is 4.29. The highest BCUT2D eigenvalue weighted by molar-refractivity contribution is 5.98. The van der Waals surface area contributed by atoms with Crippen LogP contribution < -0.4 is 11.1 Å². The van der Waals surface area contributed by atoms with Gasteiger partial charge in [0.1, 0.15) is 0 Å². The minimum absolute atomic E-state index is 0.311. The van der Waals surface area contributed by atoms with Gasteiger partial charge in [-0.05, 0) is 38.3 Å². The summed E-state index contributed by atoms with van der Waals surface area (Å²) >= 11 is 0. The summed E-state index contributed by atoms with van der Waals surface area (Å²) in [5, 5.41) is 3.36. The minimum atomic E-state index is -0.323. The summed E-state index contributed by atoms with van der Waals surface area (Å²) in [6.07, 6.45) is 3.76. The molecule has 0 radical (unpaired) electrons. The number of esters is 1. The zero-order valence-electron chi connectivity index (χ0n) is 11.6. The van der Waals surface area contributed by atoms with Crippen molar-refractivity contribution >= 4 is 17.3 Å². The maximum Gasteiger partial charge on any atom is 0.340 e. The smallest absolute Gasteiger partial charge is 0.340 e. The molecule has 1 aliphatic carbocycles. The van der Waals surface area contributed by atoms with E-state index in [1.165, 1.54) is 12.8 Å². The molecule has 0 saturated heterocycles. The van der Waals surface area contributed by atoms with Crippen LogP contribution >= 0.6 is 0 Å². The number of nitrogen functional groups attached to an aromatic ring is 1. The summed E-state index contributed by atoms with van der Waals surface area (Å²) in [6, 6.07) is 5.64. The van der Waals surface area contributed by atoms with Crippen molar-refractivity contribution in [2.75, 3.05) is 17.7 Å². The van der Waals surface area contributed by atoms with E-state index in [9.17, 15) is 4.79 Å². The molecule has 19 heavy (non-hydrogen) atoms. The van der Waals surface area contributed by atoms with E-state index < -0.39 is 0 Å². The van der Waals surface area contributed by atoms with Gasteiger partial charge in [-0.1, -0.05) is 18.9 Å². The van der Waals surface area contributed by atoms with Gasteiger partial charge >= 0.3 is 5.97 Å². The van der Waals surface area contributed by atoms with Crippen molar-refractivity contribution in [3.63, 3.8) is 0 Å². The van der Waals surface area contributed by atoms with Crippen LogP contribution in [0.1, 0.15) is 43.5 Å². The van der Waals surface area contributed by atoms with Crippen molar-refractivity contribution in [3.05, 3.63) is 23.8 Å². The number of rotatable bonds is 6. The molecular weight excluding hydrogens is 240 g/mol. The second kappa shape index (κ2) is 5.95. The number of nitrogens with one attached hydrogen (secondary N) is 1. The quantitative estimate of drug-likeness (QED) is 0.611. The van der Waals surface area contributed by atoms with Gasteiger partial charge in [-0.15, -0.1) is 0 Å². The summed E-state index contributed by atoms with van der Waals surface area (Å²) in [4.78, 5) is 11.9. The van der Waals surface area contributed by atoms with Crippen molar-refractivity contribution in [3.8, 4) is 0 Å². The van der Waals surface area contributed by atoms with Crippen LogP contribution in [0.2, 0.25) is 0 Å². The van der Waals surface area contributed by atoms with Gasteiger partial charge in [-0.3, -0.25) is 0 Å². The molecule has 0 aliphatic heterocycles. The number of anilines is 2. The Hall–Kier alpha value is -1.71. The highest BCUT2D eigenvalue weighted by Crippen LogP contribution is 2.35. The first-order valence-corrected chi connectivity index (χ1v) is 6.94. The van der Waals surface area contributed by atoms with Crippen molar-refractivity contribution in [1.29, 1.82) is 0 Å².